The van der Waals surface area contributed by atoms with E-state index in [0.29, 0.717) is 0 Å². The van der Waals surface area contributed by atoms with Crippen molar-refractivity contribution in [1.82, 2.24) is 19.8 Å². The van der Waals surface area contributed by atoms with E-state index in [9.17, 15) is 4.79 Å². The molecule has 1 N–H and O–H groups in total. The summed E-state index contributed by atoms with van der Waals surface area (Å²) in [7, 11) is 0. The van der Waals surface area contributed by atoms with Gasteiger partial charge in [0.15, 0.2) is 0 Å². The van der Waals surface area contributed by atoms with Gasteiger partial charge in [-0.15, -0.1) is 0 Å². The van der Waals surface area contributed by atoms with Crippen LogP contribution in [0.5, 0.6) is 0 Å². The summed E-state index contributed by atoms with van der Waals surface area (Å²) in [4.78, 5) is 19.6. The first-order valence-corrected chi connectivity index (χ1v) is 8.76. The minimum atomic E-state index is -0.223. The molecular formula is C17H28N4O. The number of rotatable bonds is 6. The van der Waals surface area contributed by atoms with Gasteiger partial charge < -0.3 is 9.88 Å². The number of amides is 1. The van der Waals surface area contributed by atoms with Crippen LogP contribution in [0.4, 0.5) is 0 Å². The van der Waals surface area contributed by atoms with Gasteiger partial charge in [0.1, 0.15) is 5.54 Å². The molecule has 122 valence electrons. The van der Waals surface area contributed by atoms with E-state index in [1.807, 2.05) is 17.1 Å². The maximum atomic E-state index is 13.1. The number of nitrogens with zero attached hydrogens (tertiary/aromatic N) is 3. The lowest BCUT2D eigenvalue weighted by Gasteiger charge is -2.38. The molecule has 1 saturated heterocycles. The monoisotopic (exact) mass is 304 g/mol. The molecule has 2 heterocycles. The number of imidazole rings is 1. The number of carbonyl (C=O) groups is 1. The lowest BCUT2D eigenvalue weighted by Crippen LogP contribution is -2.58. The van der Waals surface area contributed by atoms with Gasteiger partial charge in [0.05, 0.1) is 6.33 Å². The van der Waals surface area contributed by atoms with E-state index in [0.717, 1.165) is 38.9 Å². The Labute approximate surface area is 133 Å². The van der Waals surface area contributed by atoms with Crippen LogP contribution >= 0.6 is 0 Å². The fourth-order valence-corrected chi connectivity index (χ4v) is 4.04. The first-order valence-electron chi connectivity index (χ1n) is 8.76. The van der Waals surface area contributed by atoms with E-state index in [-0.39, 0.29) is 17.5 Å². The van der Waals surface area contributed by atoms with Crippen molar-refractivity contribution in [2.24, 2.45) is 0 Å². The van der Waals surface area contributed by atoms with Gasteiger partial charge in [-0.05, 0) is 45.2 Å². The van der Waals surface area contributed by atoms with Crippen molar-refractivity contribution in [2.75, 3.05) is 13.1 Å². The van der Waals surface area contributed by atoms with E-state index in [2.05, 4.69) is 22.1 Å². The summed E-state index contributed by atoms with van der Waals surface area (Å²) >= 11 is 0. The molecule has 0 bridgehead atoms. The number of aromatic nitrogens is 2. The Balaban J connectivity index is 1.67. The van der Waals surface area contributed by atoms with Crippen molar-refractivity contribution in [1.29, 1.82) is 0 Å². The predicted octanol–water partition coefficient (Wildman–Crippen LogP) is 2.19. The number of hydrogen-bond donors (Lipinski definition) is 1. The number of hydrogen-bond acceptors (Lipinski definition) is 3. The molecule has 5 heteroatoms. The molecule has 1 aromatic rings. The summed E-state index contributed by atoms with van der Waals surface area (Å²) in [6.45, 7) is 5.12. The van der Waals surface area contributed by atoms with Crippen LogP contribution in [0.2, 0.25) is 0 Å². The van der Waals surface area contributed by atoms with Gasteiger partial charge in [-0.1, -0.05) is 19.8 Å². The number of carbonyl (C=O) groups excluding carboxylic acids is 1. The predicted molar refractivity (Wildman–Crippen MR) is 86.5 cm³/mol. The maximum Gasteiger partial charge on any atom is 0.240 e. The summed E-state index contributed by atoms with van der Waals surface area (Å²) in [5.41, 5.74) is -0.223. The number of likely N-dealkylation sites (tertiary alicyclic amines) is 1. The normalized spacial score (nSPS) is 22.8. The van der Waals surface area contributed by atoms with Crippen LogP contribution in [-0.2, 0) is 11.3 Å². The van der Waals surface area contributed by atoms with Crippen LogP contribution in [-0.4, -0.2) is 45.0 Å². The molecule has 2 aliphatic rings. The smallest absolute Gasteiger partial charge is 0.240 e. The third-order valence-corrected chi connectivity index (χ3v) is 5.38. The highest BCUT2D eigenvalue weighted by Crippen LogP contribution is 2.37. The average molecular weight is 304 g/mol. The largest absolute Gasteiger partial charge is 0.350 e. The summed E-state index contributed by atoms with van der Waals surface area (Å²) in [5.74, 6) is 0.263. The second-order valence-corrected chi connectivity index (χ2v) is 6.77. The van der Waals surface area contributed by atoms with Crippen molar-refractivity contribution >= 4 is 5.91 Å². The molecule has 1 atom stereocenters. The Kier molecular flexibility index (Phi) is 4.81. The van der Waals surface area contributed by atoms with Crippen molar-refractivity contribution in [3.63, 3.8) is 0 Å². The Morgan fingerprint density at radius 3 is 2.59 bits per heavy atom. The zero-order valence-corrected chi connectivity index (χ0v) is 13.6. The highest BCUT2D eigenvalue weighted by Gasteiger charge is 2.47. The average Bonchev–Trinajstić information content (AvgIpc) is 3.26. The van der Waals surface area contributed by atoms with Crippen molar-refractivity contribution in [3.05, 3.63) is 18.7 Å². The van der Waals surface area contributed by atoms with E-state index in [4.69, 9.17) is 0 Å². The lowest BCUT2D eigenvalue weighted by atomic mass is 9.93. The zero-order valence-electron chi connectivity index (χ0n) is 13.6. The molecule has 0 aromatic carbocycles. The first-order chi connectivity index (χ1) is 10.7. The molecule has 1 saturated carbocycles. The van der Waals surface area contributed by atoms with Crippen LogP contribution < -0.4 is 5.32 Å². The van der Waals surface area contributed by atoms with Crippen molar-refractivity contribution in [3.8, 4) is 0 Å². The molecule has 0 radical (unpaired) electrons. The Morgan fingerprint density at radius 2 is 2.00 bits per heavy atom. The summed E-state index contributed by atoms with van der Waals surface area (Å²) in [6.07, 6.45) is 13.4. The summed E-state index contributed by atoms with van der Waals surface area (Å²) < 4.78 is 2.05. The highest BCUT2D eigenvalue weighted by molar-refractivity contribution is 5.87. The van der Waals surface area contributed by atoms with Gasteiger partial charge in [0, 0.05) is 25.0 Å². The molecule has 1 aromatic heterocycles. The van der Waals surface area contributed by atoms with Crippen molar-refractivity contribution < 1.29 is 4.79 Å². The third kappa shape index (κ3) is 3.05. The van der Waals surface area contributed by atoms with E-state index < -0.39 is 0 Å². The fourth-order valence-electron chi connectivity index (χ4n) is 4.04. The van der Waals surface area contributed by atoms with E-state index in [1.54, 1.807) is 6.20 Å². The first kappa shape index (κ1) is 15.5. The van der Waals surface area contributed by atoms with Crippen LogP contribution in [0.25, 0.3) is 0 Å². The summed E-state index contributed by atoms with van der Waals surface area (Å²) in [6, 6.07) is 0.182. The van der Waals surface area contributed by atoms with Crippen LogP contribution in [0.1, 0.15) is 51.9 Å². The topological polar surface area (TPSA) is 50.2 Å². The quantitative estimate of drug-likeness (QED) is 0.876. The highest BCUT2D eigenvalue weighted by atomic mass is 16.2. The van der Waals surface area contributed by atoms with E-state index in [1.165, 1.54) is 25.7 Å². The SMILES string of the molecule is CCC(Cn1ccnc1)NC(=O)C1(N2CCCC2)CCCC1. The van der Waals surface area contributed by atoms with Crippen LogP contribution in [0.15, 0.2) is 18.7 Å². The van der Waals surface area contributed by atoms with Crippen LogP contribution in [0.3, 0.4) is 0 Å². The van der Waals surface area contributed by atoms with E-state index >= 15 is 0 Å². The van der Waals surface area contributed by atoms with Crippen molar-refractivity contribution in [2.45, 2.75) is 70.0 Å². The third-order valence-electron chi connectivity index (χ3n) is 5.38. The second-order valence-electron chi connectivity index (χ2n) is 6.77. The second kappa shape index (κ2) is 6.82. The minimum Gasteiger partial charge on any atom is -0.350 e. The van der Waals surface area contributed by atoms with Crippen LogP contribution in [0, 0.1) is 0 Å². The maximum absolute atomic E-state index is 13.1. The Hall–Kier alpha value is -1.36. The molecule has 1 amide bonds. The number of nitrogens with one attached hydrogen (secondary N) is 1. The molecule has 5 nitrogen and oxygen atoms in total. The molecular weight excluding hydrogens is 276 g/mol. The molecule has 2 fully saturated rings. The molecule has 1 aliphatic heterocycles. The molecule has 1 unspecified atom stereocenters. The van der Waals surface area contributed by atoms with Gasteiger partial charge in [-0.25, -0.2) is 4.98 Å². The molecule has 22 heavy (non-hydrogen) atoms. The summed E-state index contributed by atoms with van der Waals surface area (Å²) in [5, 5.41) is 3.34. The Bertz CT molecular complexity index is 473. The molecule has 0 spiro atoms. The fraction of sp³-hybridized carbons (Fsp3) is 0.765. The van der Waals surface area contributed by atoms with Gasteiger partial charge in [-0.3, -0.25) is 9.69 Å². The lowest BCUT2D eigenvalue weighted by molar-refractivity contribution is -0.133. The molecule has 3 rings (SSSR count). The Morgan fingerprint density at radius 1 is 1.27 bits per heavy atom. The zero-order chi connectivity index (χ0) is 15.4. The van der Waals surface area contributed by atoms with Gasteiger partial charge in [0.2, 0.25) is 5.91 Å². The van der Waals surface area contributed by atoms with Gasteiger partial charge in [0.25, 0.3) is 0 Å². The standard InChI is InChI=1S/C17H28N4O/c1-2-15(13-20-12-9-18-14-20)19-16(22)17(7-3-4-8-17)21-10-5-6-11-21/h9,12,14-15H,2-8,10-11,13H2,1H3,(H,19,22). The van der Waals surface area contributed by atoms with Gasteiger partial charge in [-0.2, -0.15) is 0 Å². The molecule has 1 aliphatic carbocycles. The minimum absolute atomic E-state index is 0.182. The van der Waals surface area contributed by atoms with Gasteiger partial charge >= 0.3 is 0 Å².